The van der Waals surface area contributed by atoms with Gasteiger partial charge in [0.15, 0.2) is 0 Å². The summed E-state index contributed by atoms with van der Waals surface area (Å²) in [7, 11) is 0. The van der Waals surface area contributed by atoms with E-state index in [-0.39, 0.29) is 11.5 Å². The Kier molecular flexibility index (Phi) is 6.48. The summed E-state index contributed by atoms with van der Waals surface area (Å²) in [5.74, 6) is -0.131. The normalized spacial score (nSPS) is 10.1. The molecule has 1 aromatic rings. The molecule has 0 aromatic heterocycles. The summed E-state index contributed by atoms with van der Waals surface area (Å²) in [5, 5.41) is 11.6. The molecule has 0 saturated carbocycles. The van der Waals surface area contributed by atoms with Crippen LogP contribution in [0, 0.1) is 3.57 Å². The Morgan fingerprint density at radius 2 is 2.11 bits per heavy atom. The first-order valence-corrected chi connectivity index (χ1v) is 7.83. The lowest BCUT2D eigenvalue weighted by molar-refractivity contribution is -0.116. The van der Waals surface area contributed by atoms with Crippen LogP contribution < -0.4 is 5.32 Å². The highest BCUT2D eigenvalue weighted by molar-refractivity contribution is 14.1. The van der Waals surface area contributed by atoms with Crippen LogP contribution >= 0.6 is 34.4 Å². The summed E-state index contributed by atoms with van der Waals surface area (Å²) in [5.41, 5.74) is 0.717. The molecule has 0 bridgehead atoms. The van der Waals surface area contributed by atoms with Crippen LogP contribution in [-0.4, -0.2) is 29.0 Å². The fourth-order valence-corrected chi connectivity index (χ4v) is 2.49. The second-order valence-corrected chi connectivity index (χ2v) is 5.91. The van der Waals surface area contributed by atoms with Gasteiger partial charge in [-0.15, -0.1) is 0 Å². The molecule has 6 heteroatoms. The van der Waals surface area contributed by atoms with Gasteiger partial charge in [-0.2, -0.15) is 11.8 Å². The molecule has 0 atom stereocenters. The maximum absolute atomic E-state index is 11.6. The van der Waals surface area contributed by atoms with Crippen molar-refractivity contribution < 1.29 is 14.7 Å². The number of carboxylic acids is 1. The second-order valence-electron chi connectivity index (χ2n) is 3.68. The highest BCUT2D eigenvalue weighted by Crippen LogP contribution is 2.17. The Morgan fingerprint density at radius 1 is 1.39 bits per heavy atom. The predicted molar refractivity (Wildman–Crippen MR) is 82.4 cm³/mol. The summed E-state index contributed by atoms with van der Waals surface area (Å²) in [4.78, 5) is 22.5. The molecule has 0 aliphatic heterocycles. The van der Waals surface area contributed by atoms with E-state index in [1.807, 2.05) is 28.8 Å². The Balaban J connectivity index is 2.66. The average molecular weight is 379 g/mol. The zero-order chi connectivity index (χ0) is 13.5. The van der Waals surface area contributed by atoms with Crippen LogP contribution in [0.4, 0.5) is 5.69 Å². The molecule has 0 unspecified atom stereocenters. The van der Waals surface area contributed by atoms with Gasteiger partial charge in [0, 0.05) is 15.7 Å². The largest absolute Gasteiger partial charge is 0.478 e. The van der Waals surface area contributed by atoms with Crippen LogP contribution in [0.2, 0.25) is 0 Å². The van der Waals surface area contributed by atoms with E-state index in [1.165, 1.54) is 6.07 Å². The maximum atomic E-state index is 11.6. The molecular weight excluding hydrogens is 365 g/mol. The molecule has 98 valence electrons. The number of amides is 1. The van der Waals surface area contributed by atoms with Gasteiger partial charge in [-0.25, -0.2) is 4.79 Å². The number of rotatable bonds is 6. The van der Waals surface area contributed by atoms with Crippen molar-refractivity contribution in [3.8, 4) is 0 Å². The molecule has 1 aromatic carbocycles. The Bertz CT molecular complexity index is 451. The molecule has 0 aliphatic rings. The van der Waals surface area contributed by atoms with E-state index in [9.17, 15) is 9.59 Å². The number of carbonyl (C=O) groups excluding carboxylic acids is 1. The van der Waals surface area contributed by atoms with Crippen LogP contribution in [0.5, 0.6) is 0 Å². The number of nitrogens with one attached hydrogen (secondary N) is 1. The lowest BCUT2D eigenvalue weighted by Crippen LogP contribution is -2.12. The van der Waals surface area contributed by atoms with Gasteiger partial charge in [0.2, 0.25) is 5.91 Å². The second kappa shape index (κ2) is 7.63. The number of benzene rings is 1. The molecule has 0 radical (unpaired) electrons. The van der Waals surface area contributed by atoms with Gasteiger partial charge in [0.25, 0.3) is 0 Å². The van der Waals surface area contributed by atoms with Gasteiger partial charge in [-0.05, 0) is 59.2 Å². The standard InChI is InChI=1S/C12H14INO3S/c1-18-4-2-3-11(15)14-10-6-8(12(16)17)5-9(13)7-10/h5-7H,2-4H2,1H3,(H,14,15)(H,16,17). The predicted octanol–water partition coefficient (Wildman–Crippen LogP) is 3.07. The number of carboxylic acid groups (broad SMARTS) is 1. The van der Waals surface area contributed by atoms with Gasteiger partial charge in [-0.1, -0.05) is 0 Å². The number of thioether (sulfide) groups is 1. The van der Waals surface area contributed by atoms with E-state index in [0.717, 1.165) is 15.7 Å². The molecule has 0 saturated heterocycles. The number of anilines is 1. The van der Waals surface area contributed by atoms with Crippen molar-refractivity contribution in [3.05, 3.63) is 27.3 Å². The number of hydrogen-bond donors (Lipinski definition) is 2. The van der Waals surface area contributed by atoms with Gasteiger partial charge in [0.1, 0.15) is 0 Å². The first kappa shape index (κ1) is 15.3. The fourth-order valence-electron chi connectivity index (χ4n) is 1.39. The maximum Gasteiger partial charge on any atom is 0.335 e. The van der Waals surface area contributed by atoms with Crippen LogP contribution in [-0.2, 0) is 4.79 Å². The monoisotopic (exact) mass is 379 g/mol. The van der Waals surface area contributed by atoms with Crippen molar-refractivity contribution >= 4 is 51.9 Å². The summed E-state index contributed by atoms with van der Waals surface area (Å²) >= 11 is 3.73. The zero-order valence-corrected chi connectivity index (χ0v) is 12.9. The van der Waals surface area contributed by atoms with Crippen LogP contribution in [0.3, 0.4) is 0 Å². The van der Waals surface area contributed by atoms with Gasteiger partial charge in [0.05, 0.1) is 5.56 Å². The third kappa shape index (κ3) is 5.26. The Labute approximate surface area is 124 Å². The third-order valence-corrected chi connectivity index (χ3v) is 3.50. The van der Waals surface area contributed by atoms with Crippen molar-refractivity contribution in [2.75, 3.05) is 17.3 Å². The molecule has 0 spiro atoms. The number of carbonyl (C=O) groups is 2. The molecule has 0 aliphatic carbocycles. The molecule has 1 amide bonds. The van der Waals surface area contributed by atoms with E-state index >= 15 is 0 Å². The molecule has 4 nitrogen and oxygen atoms in total. The highest BCUT2D eigenvalue weighted by atomic mass is 127. The SMILES string of the molecule is CSCCCC(=O)Nc1cc(I)cc(C(=O)O)c1. The van der Waals surface area contributed by atoms with Gasteiger partial charge >= 0.3 is 5.97 Å². The van der Waals surface area contributed by atoms with Gasteiger partial charge < -0.3 is 10.4 Å². The van der Waals surface area contributed by atoms with E-state index < -0.39 is 5.97 Å². The Morgan fingerprint density at radius 3 is 2.72 bits per heavy atom. The smallest absolute Gasteiger partial charge is 0.335 e. The summed E-state index contributed by atoms with van der Waals surface area (Å²) in [6, 6.07) is 4.78. The van der Waals surface area contributed by atoms with Crippen LogP contribution in [0.15, 0.2) is 18.2 Å². The average Bonchev–Trinajstić information content (AvgIpc) is 2.28. The van der Waals surface area contributed by atoms with Crippen LogP contribution in [0.1, 0.15) is 23.2 Å². The van der Waals surface area contributed by atoms with E-state index in [0.29, 0.717) is 12.1 Å². The quantitative estimate of drug-likeness (QED) is 0.589. The van der Waals surface area contributed by atoms with Crippen molar-refractivity contribution in [2.24, 2.45) is 0 Å². The van der Waals surface area contributed by atoms with E-state index in [1.54, 1.807) is 23.9 Å². The lowest BCUT2D eigenvalue weighted by atomic mass is 10.2. The molecule has 0 fully saturated rings. The lowest BCUT2D eigenvalue weighted by Gasteiger charge is -2.07. The number of halogens is 1. The van der Waals surface area contributed by atoms with Crippen molar-refractivity contribution in [3.63, 3.8) is 0 Å². The molecular formula is C12H14INO3S. The first-order valence-electron chi connectivity index (χ1n) is 5.35. The zero-order valence-electron chi connectivity index (χ0n) is 9.90. The van der Waals surface area contributed by atoms with E-state index in [4.69, 9.17) is 5.11 Å². The topological polar surface area (TPSA) is 66.4 Å². The van der Waals surface area contributed by atoms with Crippen molar-refractivity contribution in [2.45, 2.75) is 12.8 Å². The molecule has 1 rings (SSSR count). The molecule has 18 heavy (non-hydrogen) atoms. The first-order chi connectivity index (χ1) is 8.52. The summed E-state index contributed by atoms with van der Waals surface area (Å²) in [6.07, 6.45) is 3.27. The fraction of sp³-hybridized carbons (Fsp3) is 0.333. The summed E-state index contributed by atoms with van der Waals surface area (Å²) < 4.78 is 0.784. The van der Waals surface area contributed by atoms with Crippen molar-refractivity contribution in [1.29, 1.82) is 0 Å². The van der Waals surface area contributed by atoms with Gasteiger partial charge in [-0.3, -0.25) is 4.79 Å². The molecule has 2 N–H and O–H groups in total. The van der Waals surface area contributed by atoms with Crippen LogP contribution in [0.25, 0.3) is 0 Å². The number of aromatic carboxylic acids is 1. The minimum Gasteiger partial charge on any atom is -0.478 e. The minimum atomic E-state index is -0.994. The van der Waals surface area contributed by atoms with E-state index in [2.05, 4.69) is 5.32 Å². The summed E-state index contributed by atoms with van der Waals surface area (Å²) in [6.45, 7) is 0. The van der Waals surface area contributed by atoms with Crippen molar-refractivity contribution in [1.82, 2.24) is 0 Å². The molecule has 0 heterocycles. The highest BCUT2D eigenvalue weighted by Gasteiger charge is 2.08. The number of hydrogen-bond acceptors (Lipinski definition) is 3. The third-order valence-electron chi connectivity index (χ3n) is 2.18. The Hall–Kier alpha value is -0.760. The minimum absolute atomic E-state index is 0.0811.